The molecule has 42 heavy (non-hydrogen) atoms. The second kappa shape index (κ2) is 13.0. The first kappa shape index (κ1) is 28.3. The fraction of sp³-hybridized carbons (Fsp3) is 0.0714. The predicted octanol–water partition coefficient (Wildman–Crippen LogP) is 5.02. The third-order valence-corrected chi connectivity index (χ3v) is 6.59. The van der Waals surface area contributed by atoms with Crippen LogP contribution in [0.5, 0.6) is 0 Å². The van der Waals surface area contributed by atoms with Crippen molar-refractivity contribution < 1.29 is 14.7 Å². The summed E-state index contributed by atoms with van der Waals surface area (Å²) in [5.41, 5.74) is 4.32. The van der Waals surface area contributed by atoms with Crippen LogP contribution in [0, 0.1) is 0 Å². The zero-order valence-electron chi connectivity index (χ0n) is 21.6. The van der Waals surface area contributed by atoms with Crippen molar-refractivity contribution in [2.24, 2.45) is 0 Å². The van der Waals surface area contributed by atoms with E-state index in [1.807, 2.05) is 12.1 Å². The first-order valence-electron chi connectivity index (χ1n) is 12.4. The Labute approximate surface area is 249 Å². The zero-order valence-corrected chi connectivity index (χ0v) is 23.1. The highest BCUT2D eigenvalue weighted by Crippen LogP contribution is 2.30. The van der Waals surface area contributed by atoms with Crippen LogP contribution in [0.3, 0.4) is 0 Å². The number of amides is 2. The average molecular weight is 602 g/mol. The third-order valence-electron chi connectivity index (χ3n) is 6.08. The van der Waals surface area contributed by atoms with E-state index >= 15 is 0 Å². The molecule has 1 unspecified atom stereocenters. The van der Waals surface area contributed by atoms with Crippen molar-refractivity contribution in [3.63, 3.8) is 0 Å². The van der Waals surface area contributed by atoms with Crippen molar-refractivity contribution in [1.29, 1.82) is 0 Å². The van der Waals surface area contributed by atoms with Crippen LogP contribution in [-0.2, 0) is 11.2 Å². The number of hydrogen-bond acceptors (Lipinski definition) is 8. The Kier molecular flexibility index (Phi) is 8.75. The van der Waals surface area contributed by atoms with Gasteiger partial charge in [0.2, 0.25) is 5.91 Å². The molecule has 1 atom stereocenters. The fourth-order valence-corrected chi connectivity index (χ4v) is 4.51. The van der Waals surface area contributed by atoms with E-state index in [9.17, 15) is 9.59 Å². The Balaban J connectivity index is 1.43. The normalized spacial score (nSPS) is 11.8. The molecule has 210 valence electrons. The average Bonchev–Trinajstić information content (AvgIpc) is 3.52. The van der Waals surface area contributed by atoms with Gasteiger partial charge in [0.25, 0.3) is 0 Å². The largest absolute Gasteiger partial charge is 0.465 e. The lowest BCUT2D eigenvalue weighted by molar-refractivity contribution is -0.117. The number of nitrogens with zero attached hydrogens (tertiary/aromatic N) is 7. The number of halogens is 2. The molecule has 14 heteroatoms. The van der Waals surface area contributed by atoms with Crippen LogP contribution >= 0.6 is 23.2 Å². The van der Waals surface area contributed by atoms with Crippen molar-refractivity contribution in [1.82, 2.24) is 40.7 Å². The van der Waals surface area contributed by atoms with Gasteiger partial charge in [0.15, 0.2) is 5.15 Å². The zero-order chi connectivity index (χ0) is 29.5. The van der Waals surface area contributed by atoms with Crippen LogP contribution in [-0.4, -0.2) is 52.5 Å². The Morgan fingerprint density at radius 2 is 1.79 bits per heavy atom. The van der Waals surface area contributed by atoms with Gasteiger partial charge in [0.05, 0.1) is 17.4 Å². The number of benzene rings is 2. The molecule has 0 aliphatic rings. The molecular formula is C28H21Cl2N9O3. The van der Waals surface area contributed by atoms with Crippen molar-refractivity contribution in [2.45, 2.75) is 12.5 Å². The number of pyridine rings is 1. The number of carboxylic acid groups (broad SMARTS) is 1. The summed E-state index contributed by atoms with van der Waals surface area (Å²) in [5.74, 6) is -0.390. The van der Waals surface area contributed by atoms with Crippen LogP contribution in [0.25, 0.3) is 22.9 Å². The van der Waals surface area contributed by atoms with Crippen LogP contribution in [0.15, 0.2) is 85.5 Å². The number of anilines is 1. The molecule has 0 fully saturated rings. The highest BCUT2D eigenvalue weighted by Gasteiger charge is 2.19. The van der Waals surface area contributed by atoms with Crippen molar-refractivity contribution in [3.8, 4) is 16.8 Å². The summed E-state index contributed by atoms with van der Waals surface area (Å²) in [6, 6.07) is 16.7. The number of carbonyl (C=O) groups is 2. The molecular weight excluding hydrogens is 581 g/mol. The molecule has 3 N–H and O–H groups in total. The molecule has 5 aromatic rings. The highest BCUT2D eigenvalue weighted by molar-refractivity contribution is 6.32. The van der Waals surface area contributed by atoms with E-state index in [1.54, 1.807) is 67.0 Å². The molecule has 2 aromatic carbocycles. The van der Waals surface area contributed by atoms with Crippen molar-refractivity contribution in [2.75, 3.05) is 5.32 Å². The van der Waals surface area contributed by atoms with E-state index in [0.717, 1.165) is 5.56 Å². The van der Waals surface area contributed by atoms with Crippen LogP contribution in [0.2, 0.25) is 10.2 Å². The quantitative estimate of drug-likeness (QED) is 0.197. The number of tetrazole rings is 1. The van der Waals surface area contributed by atoms with Crippen molar-refractivity contribution in [3.05, 3.63) is 112 Å². The third kappa shape index (κ3) is 7.11. The lowest BCUT2D eigenvalue weighted by Gasteiger charge is -2.18. The molecule has 0 aliphatic heterocycles. The lowest BCUT2D eigenvalue weighted by Crippen LogP contribution is -2.29. The minimum atomic E-state index is -1.17. The van der Waals surface area contributed by atoms with E-state index < -0.39 is 12.1 Å². The van der Waals surface area contributed by atoms with Gasteiger partial charge in [0, 0.05) is 40.3 Å². The summed E-state index contributed by atoms with van der Waals surface area (Å²) in [7, 11) is 0. The Hall–Kier alpha value is -5.20. The van der Waals surface area contributed by atoms with Gasteiger partial charge in [-0.2, -0.15) is 9.78 Å². The molecule has 0 spiro atoms. The van der Waals surface area contributed by atoms with Gasteiger partial charge in [-0.25, -0.2) is 4.79 Å². The maximum atomic E-state index is 13.2. The number of rotatable bonds is 9. The van der Waals surface area contributed by atoms with E-state index in [0.29, 0.717) is 45.2 Å². The molecule has 0 saturated carbocycles. The van der Waals surface area contributed by atoms with Crippen LogP contribution in [0.1, 0.15) is 22.9 Å². The smallest absolute Gasteiger partial charge is 0.409 e. The second-order valence-electron chi connectivity index (χ2n) is 8.89. The molecule has 3 aromatic heterocycles. The summed E-state index contributed by atoms with van der Waals surface area (Å²) < 4.78 is 1.47. The summed E-state index contributed by atoms with van der Waals surface area (Å²) in [5, 5.41) is 34.5. The van der Waals surface area contributed by atoms with Crippen LogP contribution in [0.4, 0.5) is 10.5 Å². The van der Waals surface area contributed by atoms with E-state index in [1.165, 1.54) is 17.1 Å². The number of carbonyl (C=O) groups excluding carboxylic acids is 1. The summed E-state index contributed by atoms with van der Waals surface area (Å²) in [4.78, 5) is 28.2. The topological polar surface area (TPSA) is 161 Å². The Morgan fingerprint density at radius 3 is 2.50 bits per heavy atom. The maximum Gasteiger partial charge on any atom is 0.409 e. The molecule has 5 rings (SSSR count). The van der Waals surface area contributed by atoms with Crippen LogP contribution < -0.4 is 10.6 Å². The fourth-order valence-electron chi connectivity index (χ4n) is 4.13. The molecule has 12 nitrogen and oxygen atoms in total. The monoisotopic (exact) mass is 601 g/mol. The Morgan fingerprint density at radius 1 is 1.00 bits per heavy atom. The predicted molar refractivity (Wildman–Crippen MR) is 156 cm³/mol. The summed E-state index contributed by atoms with van der Waals surface area (Å²) in [6.07, 6.45) is 7.01. The molecule has 2 amide bonds. The SMILES string of the molecule is O=C(O)Nc1ccc(-c2cc(C(Cc3ccncc3)NC(=O)C=Cc3cc(Cl)ccc3-n3cnnn3)nnc2Cl)cc1. The molecule has 0 aliphatic carbocycles. The summed E-state index contributed by atoms with van der Waals surface area (Å²) in [6.45, 7) is 0. The molecule has 3 heterocycles. The van der Waals surface area contributed by atoms with E-state index in [-0.39, 0.29) is 11.1 Å². The minimum absolute atomic E-state index is 0.155. The lowest BCUT2D eigenvalue weighted by atomic mass is 10.0. The standard InChI is InChI=1S/C28H21Cl2N9O3/c29-20-4-7-25(39-16-32-37-38-39)19(14-20)3-8-26(40)34-23(13-17-9-11-31-12-10-17)24-15-22(27(30)36-35-24)18-1-5-21(6-2-18)33-28(41)42/h1-12,14-16,23,33H,13H2,(H,34,40)(H,41,42). The maximum absolute atomic E-state index is 13.2. The number of hydrogen-bond donors (Lipinski definition) is 3. The minimum Gasteiger partial charge on any atom is -0.465 e. The van der Waals surface area contributed by atoms with E-state index in [4.69, 9.17) is 28.3 Å². The molecule has 0 radical (unpaired) electrons. The van der Waals surface area contributed by atoms with E-state index in [2.05, 4.69) is 41.3 Å². The van der Waals surface area contributed by atoms with Gasteiger partial charge in [-0.1, -0.05) is 35.3 Å². The first-order chi connectivity index (χ1) is 20.4. The van der Waals surface area contributed by atoms with Crippen molar-refractivity contribution >= 4 is 47.0 Å². The highest BCUT2D eigenvalue weighted by atomic mass is 35.5. The van der Waals surface area contributed by atoms with Gasteiger partial charge in [-0.3, -0.25) is 15.1 Å². The number of aromatic nitrogens is 7. The van der Waals surface area contributed by atoms with Gasteiger partial charge in [0.1, 0.15) is 6.33 Å². The van der Waals surface area contributed by atoms with Gasteiger partial charge >= 0.3 is 6.09 Å². The van der Waals surface area contributed by atoms with Gasteiger partial charge in [-0.05, 0) is 82.6 Å². The second-order valence-corrected chi connectivity index (χ2v) is 9.69. The Bertz CT molecular complexity index is 1730. The molecule has 0 saturated heterocycles. The van der Waals surface area contributed by atoms with Gasteiger partial charge in [-0.15, -0.1) is 10.2 Å². The molecule has 0 bridgehead atoms. The first-order valence-corrected chi connectivity index (χ1v) is 13.1. The summed E-state index contributed by atoms with van der Waals surface area (Å²) >= 11 is 12.6. The number of nitrogens with one attached hydrogen (secondary N) is 2. The van der Waals surface area contributed by atoms with Gasteiger partial charge < -0.3 is 10.4 Å².